The molecule has 0 unspecified atom stereocenters. The van der Waals surface area contributed by atoms with E-state index in [1.165, 1.54) is 0 Å². The number of hydrogen-bond acceptors (Lipinski definition) is 8. The van der Waals surface area contributed by atoms with Gasteiger partial charge in [-0.2, -0.15) is 0 Å². The van der Waals surface area contributed by atoms with Gasteiger partial charge in [0.15, 0.2) is 17.5 Å². The van der Waals surface area contributed by atoms with E-state index in [9.17, 15) is 0 Å². The molecule has 0 bridgehead atoms. The quantitative estimate of drug-likeness (QED) is 0.141. The molecule has 0 aliphatic heterocycles. The van der Waals surface area contributed by atoms with Crippen LogP contribution in [-0.4, -0.2) is 19.9 Å². The summed E-state index contributed by atoms with van der Waals surface area (Å²) in [6.07, 6.45) is 0. The van der Waals surface area contributed by atoms with Crippen LogP contribution >= 0.6 is 0 Å². The van der Waals surface area contributed by atoms with Crippen molar-refractivity contribution in [3.63, 3.8) is 0 Å². The van der Waals surface area contributed by atoms with Gasteiger partial charge >= 0.3 is 0 Å². The molecule has 20 rings (SSSR count). The van der Waals surface area contributed by atoms with E-state index in [1.807, 2.05) is 66.7 Å². The van der Waals surface area contributed by atoms with Gasteiger partial charge in [-0.3, -0.25) is 0 Å². The second kappa shape index (κ2) is 21.3. The van der Waals surface area contributed by atoms with Gasteiger partial charge < -0.3 is 17.7 Å². The van der Waals surface area contributed by atoms with Gasteiger partial charge in [0.05, 0.1) is 11.4 Å². The molecule has 0 atom stereocenters. The van der Waals surface area contributed by atoms with Crippen molar-refractivity contribution in [2.75, 3.05) is 0 Å². The van der Waals surface area contributed by atoms with Crippen molar-refractivity contribution in [1.29, 1.82) is 0 Å². The summed E-state index contributed by atoms with van der Waals surface area (Å²) >= 11 is 0. The molecule has 0 radical (unpaired) electrons. The van der Waals surface area contributed by atoms with E-state index in [2.05, 4.69) is 237 Å². The average molecular weight is 1230 g/mol. The molecule has 0 spiro atoms. The molecule has 0 saturated heterocycles. The number of benzene rings is 14. The number of nitrogens with zero attached hydrogens (tertiary/aromatic N) is 4. The van der Waals surface area contributed by atoms with Gasteiger partial charge in [0, 0.05) is 81.7 Å². The van der Waals surface area contributed by atoms with Crippen molar-refractivity contribution in [1.82, 2.24) is 19.9 Å². The van der Waals surface area contributed by atoms with Crippen molar-refractivity contribution >= 4 is 109 Å². The molecular weight excluding hydrogens is 1180 g/mol. The number of para-hydroxylation sites is 3. The fourth-order valence-electron chi connectivity index (χ4n) is 14.5. The molecule has 446 valence electrons. The summed E-state index contributed by atoms with van der Waals surface area (Å²) in [5.74, 6) is 1.78. The standard InChI is InChI=1S/C88H50N4O4/c1-2-15-52(16-3-1)86-90-87(92-88(91-86)59-20-11-18-56(46-59)61-24-12-27-70-63(61)41-43-72-67-22-5-8-30-78(67)95-84(70)72)53-35-33-51(34-36-53)54-17-10-19-57(45-54)62-25-14-32-80-83(62)74-40-37-55(49-82(74)94-80)60-47-75(58-38-39-69-66-21-4-7-29-77(66)93-81(69)50-58)89-76(48-60)65-26-13-28-71-64(65)42-44-73-68-23-6-9-31-79(68)96-85(71)73/h1-50H. The van der Waals surface area contributed by atoms with E-state index >= 15 is 0 Å². The molecular formula is C88H50N4O4. The summed E-state index contributed by atoms with van der Waals surface area (Å²) in [5, 5.41) is 12.9. The Bertz CT molecular complexity index is 6590. The first-order chi connectivity index (χ1) is 47.5. The summed E-state index contributed by atoms with van der Waals surface area (Å²) in [7, 11) is 0. The average Bonchev–Trinajstić information content (AvgIpc) is 1.53. The van der Waals surface area contributed by atoms with Gasteiger partial charge in [-0.15, -0.1) is 0 Å². The maximum Gasteiger partial charge on any atom is 0.164 e. The summed E-state index contributed by atoms with van der Waals surface area (Å²) in [4.78, 5) is 20.9. The third kappa shape index (κ3) is 8.70. The summed E-state index contributed by atoms with van der Waals surface area (Å²) in [5.41, 5.74) is 21.6. The third-order valence-electron chi connectivity index (χ3n) is 19.2. The summed E-state index contributed by atoms with van der Waals surface area (Å²) in [6.45, 7) is 0. The Kier molecular flexibility index (Phi) is 11.9. The summed E-state index contributed by atoms with van der Waals surface area (Å²) < 4.78 is 26.3. The van der Waals surface area contributed by atoms with Crippen molar-refractivity contribution in [2.24, 2.45) is 0 Å². The highest BCUT2D eigenvalue weighted by Gasteiger charge is 2.21. The minimum atomic E-state index is 0.587. The van der Waals surface area contributed by atoms with Gasteiger partial charge in [0.25, 0.3) is 0 Å². The van der Waals surface area contributed by atoms with E-state index in [4.69, 9.17) is 37.6 Å². The molecule has 6 aromatic heterocycles. The highest BCUT2D eigenvalue weighted by molar-refractivity contribution is 6.19. The van der Waals surface area contributed by atoms with Crippen LogP contribution in [0.2, 0.25) is 0 Å². The van der Waals surface area contributed by atoms with Gasteiger partial charge in [-0.1, -0.05) is 218 Å². The monoisotopic (exact) mass is 1230 g/mol. The Labute approximate surface area is 548 Å². The number of rotatable bonds is 9. The van der Waals surface area contributed by atoms with Crippen LogP contribution in [0.3, 0.4) is 0 Å². The van der Waals surface area contributed by atoms with Crippen molar-refractivity contribution in [3.8, 4) is 101 Å². The number of fused-ring (bicyclic) bond motifs is 16. The first-order valence-corrected chi connectivity index (χ1v) is 32.2. The van der Waals surface area contributed by atoms with E-state index < -0.39 is 0 Å². The molecule has 0 amide bonds. The Hall–Kier alpha value is -13.0. The number of furan rings is 4. The van der Waals surface area contributed by atoms with Gasteiger partial charge in [0.2, 0.25) is 0 Å². The second-order valence-corrected chi connectivity index (χ2v) is 24.7. The van der Waals surface area contributed by atoms with Crippen LogP contribution in [0.1, 0.15) is 0 Å². The Morgan fingerprint density at radius 1 is 0.177 bits per heavy atom. The Morgan fingerprint density at radius 2 is 0.573 bits per heavy atom. The topological polar surface area (TPSA) is 104 Å². The van der Waals surface area contributed by atoms with Crippen LogP contribution in [0, 0.1) is 0 Å². The van der Waals surface area contributed by atoms with Gasteiger partial charge in [-0.05, 0) is 140 Å². The normalized spacial score (nSPS) is 12.0. The van der Waals surface area contributed by atoms with Gasteiger partial charge in [0.1, 0.15) is 44.7 Å². The van der Waals surface area contributed by atoms with E-state index in [0.29, 0.717) is 17.5 Å². The molecule has 14 aromatic carbocycles. The van der Waals surface area contributed by atoms with Crippen LogP contribution in [-0.2, 0) is 0 Å². The smallest absolute Gasteiger partial charge is 0.164 e. The fraction of sp³-hybridized carbons (Fsp3) is 0. The number of aromatic nitrogens is 4. The highest BCUT2D eigenvalue weighted by atomic mass is 16.3. The predicted molar refractivity (Wildman–Crippen MR) is 391 cm³/mol. The molecule has 8 heteroatoms. The van der Waals surface area contributed by atoms with Crippen LogP contribution in [0.4, 0.5) is 0 Å². The SMILES string of the molecule is c1ccc(-c2nc(-c3ccc(-c4cccc(-c5cccc6oc7cc(-c8cc(-c9ccc%10c(c9)oc9ccccc9%10)nc(-c9cccc%10c9ccc9c%11ccccc%11oc%109)c8)ccc7c56)c4)cc3)nc(-c3cccc(-c4cccc5c4ccc4c6ccccc6oc54)c3)n2)cc1. The Morgan fingerprint density at radius 3 is 1.29 bits per heavy atom. The second-order valence-electron chi connectivity index (χ2n) is 24.7. The van der Waals surface area contributed by atoms with Crippen LogP contribution in [0.15, 0.2) is 321 Å². The van der Waals surface area contributed by atoms with Gasteiger partial charge in [-0.25, -0.2) is 19.9 Å². The van der Waals surface area contributed by atoms with Crippen molar-refractivity contribution in [2.45, 2.75) is 0 Å². The summed E-state index contributed by atoms with van der Waals surface area (Å²) in [6, 6.07) is 106. The molecule has 0 aliphatic carbocycles. The lowest BCUT2D eigenvalue weighted by Crippen LogP contribution is -2.00. The van der Waals surface area contributed by atoms with Crippen LogP contribution < -0.4 is 0 Å². The molecule has 0 aliphatic rings. The van der Waals surface area contributed by atoms with E-state index in [-0.39, 0.29) is 0 Å². The fourth-order valence-corrected chi connectivity index (χ4v) is 14.5. The maximum atomic E-state index is 6.86. The predicted octanol–water partition coefficient (Wildman–Crippen LogP) is 24.2. The van der Waals surface area contributed by atoms with Crippen LogP contribution in [0.5, 0.6) is 0 Å². The molecule has 0 fully saturated rings. The molecule has 20 aromatic rings. The minimum absolute atomic E-state index is 0.587. The molecule has 0 N–H and O–H groups in total. The highest BCUT2D eigenvalue weighted by Crippen LogP contribution is 2.45. The third-order valence-corrected chi connectivity index (χ3v) is 19.2. The molecule has 6 heterocycles. The number of pyridine rings is 1. The first-order valence-electron chi connectivity index (χ1n) is 32.2. The minimum Gasteiger partial charge on any atom is -0.456 e. The van der Waals surface area contributed by atoms with E-state index in [0.717, 1.165) is 193 Å². The lowest BCUT2D eigenvalue weighted by atomic mass is 9.94. The lowest BCUT2D eigenvalue weighted by molar-refractivity contribution is 0.668. The van der Waals surface area contributed by atoms with Crippen LogP contribution in [0.25, 0.3) is 210 Å². The molecule has 8 nitrogen and oxygen atoms in total. The van der Waals surface area contributed by atoms with E-state index in [1.54, 1.807) is 0 Å². The molecule has 0 saturated carbocycles. The largest absolute Gasteiger partial charge is 0.456 e. The maximum absolute atomic E-state index is 6.86. The first kappa shape index (κ1) is 53.6. The van der Waals surface area contributed by atoms with Crippen molar-refractivity contribution < 1.29 is 17.7 Å². The number of hydrogen-bond donors (Lipinski definition) is 0. The molecule has 96 heavy (non-hydrogen) atoms. The zero-order valence-electron chi connectivity index (χ0n) is 51.3. The lowest BCUT2D eigenvalue weighted by Gasteiger charge is -2.12. The van der Waals surface area contributed by atoms with Crippen molar-refractivity contribution in [3.05, 3.63) is 303 Å². The zero-order valence-corrected chi connectivity index (χ0v) is 51.3. The Balaban J connectivity index is 0.643. The zero-order chi connectivity index (χ0) is 63.0.